The lowest BCUT2D eigenvalue weighted by Gasteiger charge is -2.33. The van der Waals surface area contributed by atoms with Crippen molar-refractivity contribution >= 4 is 5.97 Å². The number of aromatic nitrogens is 2. The van der Waals surface area contributed by atoms with Gasteiger partial charge in [0.1, 0.15) is 6.04 Å². The third-order valence-electron chi connectivity index (χ3n) is 5.92. The molecule has 0 N–H and O–H groups in total. The van der Waals surface area contributed by atoms with Crippen LogP contribution in [0.2, 0.25) is 0 Å². The van der Waals surface area contributed by atoms with E-state index in [2.05, 4.69) is 11.1 Å². The number of nitrogens with zero attached hydrogens (tertiary/aromatic N) is 3. The molecule has 0 bridgehead atoms. The fourth-order valence-electron chi connectivity index (χ4n) is 4.33. The molecule has 160 valence electrons. The highest BCUT2D eigenvalue weighted by atomic mass is 16.7. The molecule has 0 aliphatic carbocycles. The van der Waals surface area contributed by atoms with E-state index in [-0.39, 0.29) is 18.8 Å². The molecule has 3 heterocycles. The monoisotopic (exact) mass is 419 g/mol. The highest BCUT2D eigenvalue weighted by Crippen LogP contribution is 2.37. The first-order valence-electron chi connectivity index (χ1n) is 10.6. The van der Waals surface area contributed by atoms with Gasteiger partial charge >= 0.3 is 5.97 Å². The van der Waals surface area contributed by atoms with Crippen molar-refractivity contribution in [1.29, 1.82) is 0 Å². The fraction of sp³-hybridized carbons (Fsp3) is 0.333. The van der Waals surface area contributed by atoms with Gasteiger partial charge in [-0.05, 0) is 49.7 Å². The molecule has 0 radical (unpaired) electrons. The minimum atomic E-state index is -0.219. The van der Waals surface area contributed by atoms with E-state index < -0.39 is 0 Å². The predicted octanol–water partition coefficient (Wildman–Crippen LogP) is 3.80. The molecule has 0 saturated carbocycles. The zero-order chi connectivity index (χ0) is 21.2. The first kappa shape index (κ1) is 19.6. The van der Waals surface area contributed by atoms with Crippen LogP contribution in [-0.2, 0) is 16.1 Å². The molecule has 3 aromatic rings. The van der Waals surface area contributed by atoms with Gasteiger partial charge in [0.2, 0.25) is 6.79 Å². The van der Waals surface area contributed by atoms with Crippen LogP contribution in [0.4, 0.5) is 0 Å². The highest BCUT2D eigenvalue weighted by Gasteiger charge is 2.30. The topological polar surface area (TPSA) is 65.8 Å². The molecule has 7 heteroatoms. The van der Waals surface area contributed by atoms with Gasteiger partial charge < -0.3 is 14.2 Å². The number of esters is 1. The maximum absolute atomic E-state index is 12.4. The van der Waals surface area contributed by atoms with Crippen molar-refractivity contribution in [2.24, 2.45) is 0 Å². The number of carbonyl (C=O) groups is 1. The zero-order valence-electron chi connectivity index (χ0n) is 17.5. The van der Waals surface area contributed by atoms with Crippen LogP contribution in [0.25, 0.3) is 16.9 Å². The first-order valence-corrected chi connectivity index (χ1v) is 10.6. The van der Waals surface area contributed by atoms with E-state index in [0.717, 1.165) is 59.8 Å². The Morgan fingerprint density at radius 1 is 1.13 bits per heavy atom. The smallest absolute Gasteiger partial charge is 0.323 e. The number of likely N-dealkylation sites (tertiary alicyclic amines) is 1. The van der Waals surface area contributed by atoms with Crippen LogP contribution in [0, 0.1) is 0 Å². The summed E-state index contributed by atoms with van der Waals surface area (Å²) >= 11 is 0. The number of methoxy groups -OCH3 is 1. The molecule has 31 heavy (non-hydrogen) atoms. The van der Waals surface area contributed by atoms with E-state index in [4.69, 9.17) is 19.3 Å². The Kier molecular flexibility index (Phi) is 5.34. The second-order valence-electron chi connectivity index (χ2n) is 7.86. The standard InChI is InChI=1S/C24H25N3O4/c1-29-24(28)20-9-5-6-12-26(20)14-18-15-27(19-7-3-2-4-8-19)25-23(18)17-10-11-21-22(13-17)31-16-30-21/h2-4,7-8,10-11,13,15,20H,5-6,9,12,14,16H2,1H3/t20-/m1/s1. The Hall–Kier alpha value is -3.32. The number of para-hydroxylation sites is 1. The minimum Gasteiger partial charge on any atom is -0.468 e. The molecule has 0 spiro atoms. The van der Waals surface area contributed by atoms with Crippen molar-refractivity contribution in [1.82, 2.24) is 14.7 Å². The van der Waals surface area contributed by atoms with Crippen molar-refractivity contribution in [3.8, 4) is 28.4 Å². The number of benzene rings is 2. The molecule has 2 aliphatic rings. The van der Waals surface area contributed by atoms with Gasteiger partial charge in [0, 0.05) is 23.9 Å². The van der Waals surface area contributed by atoms with E-state index in [1.54, 1.807) is 0 Å². The van der Waals surface area contributed by atoms with Gasteiger partial charge in [-0.2, -0.15) is 5.10 Å². The van der Waals surface area contributed by atoms with Crippen LogP contribution in [0.15, 0.2) is 54.7 Å². The molecule has 1 saturated heterocycles. The first-order chi connectivity index (χ1) is 15.2. The molecule has 1 aromatic heterocycles. The van der Waals surface area contributed by atoms with E-state index >= 15 is 0 Å². The quantitative estimate of drug-likeness (QED) is 0.586. The molecule has 2 aromatic carbocycles. The van der Waals surface area contributed by atoms with Gasteiger partial charge in [-0.15, -0.1) is 0 Å². The molecule has 7 nitrogen and oxygen atoms in total. The summed E-state index contributed by atoms with van der Waals surface area (Å²) in [5.41, 5.74) is 3.87. The summed E-state index contributed by atoms with van der Waals surface area (Å²) in [6.07, 6.45) is 4.98. The van der Waals surface area contributed by atoms with Gasteiger partial charge in [-0.1, -0.05) is 24.6 Å². The maximum atomic E-state index is 12.4. The molecule has 1 fully saturated rings. The SMILES string of the molecule is COC(=O)[C@H]1CCCCN1Cc1cn(-c2ccccc2)nc1-c1ccc2c(c1)OCO2. The number of hydrogen-bond donors (Lipinski definition) is 0. The highest BCUT2D eigenvalue weighted by molar-refractivity contribution is 5.76. The lowest BCUT2D eigenvalue weighted by atomic mass is 10.0. The third kappa shape index (κ3) is 3.88. The third-order valence-corrected chi connectivity index (χ3v) is 5.92. The number of rotatable bonds is 5. The van der Waals surface area contributed by atoms with Crippen LogP contribution in [0.3, 0.4) is 0 Å². The Labute approximate surface area is 181 Å². The Bertz CT molecular complexity index is 1080. The molecule has 0 unspecified atom stereocenters. The van der Waals surface area contributed by atoms with Crippen LogP contribution >= 0.6 is 0 Å². The summed E-state index contributed by atoms with van der Waals surface area (Å²) in [5, 5.41) is 4.91. The second kappa shape index (κ2) is 8.43. The van der Waals surface area contributed by atoms with Gasteiger partial charge in [0.05, 0.1) is 18.5 Å². The number of fused-ring (bicyclic) bond motifs is 1. The van der Waals surface area contributed by atoms with Crippen LogP contribution in [0.1, 0.15) is 24.8 Å². The van der Waals surface area contributed by atoms with E-state index in [1.165, 1.54) is 7.11 Å². The lowest BCUT2D eigenvalue weighted by molar-refractivity contribution is -0.148. The van der Waals surface area contributed by atoms with Crippen LogP contribution < -0.4 is 9.47 Å². The molecule has 5 rings (SSSR count). The Morgan fingerprint density at radius 2 is 1.97 bits per heavy atom. The average molecular weight is 419 g/mol. The zero-order valence-corrected chi connectivity index (χ0v) is 17.5. The number of carbonyl (C=O) groups excluding carboxylic acids is 1. The molecule has 2 aliphatic heterocycles. The fourth-order valence-corrected chi connectivity index (χ4v) is 4.33. The number of piperidine rings is 1. The van der Waals surface area contributed by atoms with E-state index in [1.807, 2.05) is 53.2 Å². The maximum Gasteiger partial charge on any atom is 0.323 e. The van der Waals surface area contributed by atoms with Gasteiger partial charge in [-0.25, -0.2) is 4.68 Å². The predicted molar refractivity (Wildman–Crippen MR) is 115 cm³/mol. The van der Waals surface area contributed by atoms with Crippen LogP contribution in [0.5, 0.6) is 11.5 Å². The largest absolute Gasteiger partial charge is 0.468 e. The summed E-state index contributed by atoms with van der Waals surface area (Å²) in [6, 6.07) is 15.7. The minimum absolute atomic E-state index is 0.167. The molecule has 0 amide bonds. The summed E-state index contributed by atoms with van der Waals surface area (Å²) < 4.78 is 18.0. The van der Waals surface area contributed by atoms with Crippen molar-refractivity contribution in [2.45, 2.75) is 31.8 Å². The van der Waals surface area contributed by atoms with Gasteiger partial charge in [-0.3, -0.25) is 9.69 Å². The summed E-state index contributed by atoms with van der Waals surface area (Å²) in [7, 11) is 1.46. The van der Waals surface area contributed by atoms with Crippen molar-refractivity contribution in [2.75, 3.05) is 20.4 Å². The Balaban J connectivity index is 1.53. The molecule has 1 atom stereocenters. The van der Waals surface area contributed by atoms with Gasteiger partial charge in [0.15, 0.2) is 11.5 Å². The summed E-state index contributed by atoms with van der Waals surface area (Å²) in [5.74, 6) is 1.30. The van der Waals surface area contributed by atoms with E-state index in [9.17, 15) is 4.79 Å². The van der Waals surface area contributed by atoms with E-state index in [0.29, 0.717) is 6.54 Å². The van der Waals surface area contributed by atoms with Gasteiger partial charge in [0.25, 0.3) is 0 Å². The van der Waals surface area contributed by atoms with Crippen molar-refractivity contribution in [3.63, 3.8) is 0 Å². The average Bonchev–Trinajstić information content (AvgIpc) is 3.46. The van der Waals surface area contributed by atoms with Crippen molar-refractivity contribution < 1.29 is 19.0 Å². The second-order valence-corrected chi connectivity index (χ2v) is 7.86. The number of hydrogen-bond acceptors (Lipinski definition) is 6. The van der Waals surface area contributed by atoms with Crippen LogP contribution in [-0.4, -0.2) is 47.1 Å². The molecular weight excluding hydrogens is 394 g/mol. The normalized spacial score (nSPS) is 18.2. The Morgan fingerprint density at radius 3 is 2.81 bits per heavy atom. The summed E-state index contributed by atoms with van der Waals surface area (Å²) in [4.78, 5) is 14.6. The number of ether oxygens (including phenoxy) is 3. The lowest BCUT2D eigenvalue weighted by Crippen LogP contribution is -2.44. The molecular formula is C24H25N3O4. The van der Waals surface area contributed by atoms with Crippen molar-refractivity contribution in [3.05, 3.63) is 60.3 Å². The summed E-state index contributed by atoms with van der Waals surface area (Å²) in [6.45, 7) is 1.71.